The molecule has 0 aromatic heterocycles. The molecule has 40 heavy (non-hydrogen) atoms. The second-order valence-corrected chi connectivity index (χ2v) is 11.9. The highest BCUT2D eigenvalue weighted by atomic mass is 32.2. The van der Waals surface area contributed by atoms with Crippen molar-refractivity contribution in [2.24, 2.45) is 0 Å². The van der Waals surface area contributed by atoms with Crippen LogP contribution in [0.5, 0.6) is 0 Å². The van der Waals surface area contributed by atoms with Gasteiger partial charge in [0.15, 0.2) is 0 Å². The summed E-state index contributed by atoms with van der Waals surface area (Å²) in [5.74, 6) is -0.959. The van der Waals surface area contributed by atoms with Crippen molar-refractivity contribution in [3.05, 3.63) is 101 Å². The molecule has 214 valence electrons. The van der Waals surface area contributed by atoms with Crippen LogP contribution in [-0.2, 0) is 32.6 Å². The molecule has 3 aromatic rings. The highest BCUT2D eigenvalue weighted by Gasteiger charge is 2.30. The van der Waals surface area contributed by atoms with Gasteiger partial charge in [-0.05, 0) is 67.6 Å². The van der Waals surface area contributed by atoms with E-state index in [1.54, 1.807) is 12.1 Å². The maximum absolute atomic E-state index is 13.7. The Balaban J connectivity index is 1.87. The zero-order chi connectivity index (χ0) is 29.3. The maximum atomic E-state index is 13.7. The molecule has 3 aromatic carbocycles. The minimum absolute atomic E-state index is 0.0305. The van der Waals surface area contributed by atoms with E-state index in [-0.39, 0.29) is 37.7 Å². The van der Waals surface area contributed by atoms with Gasteiger partial charge in [-0.2, -0.15) is 0 Å². The van der Waals surface area contributed by atoms with E-state index in [9.17, 15) is 22.4 Å². The fourth-order valence-corrected chi connectivity index (χ4v) is 5.62. The summed E-state index contributed by atoms with van der Waals surface area (Å²) in [4.78, 5) is 28.5. The molecular formula is C31H38FN3O4S. The first-order valence-electron chi connectivity index (χ1n) is 13.4. The SMILES string of the molecule is CCNC(=O)[C@H](Cc1ccccc1)N(Cc1ccc(F)cc1)C(=O)CCCN(c1cc(C)ccc1C)S(C)(=O)=O. The van der Waals surface area contributed by atoms with Gasteiger partial charge < -0.3 is 10.2 Å². The standard InChI is InChI=1S/C31H38FN3O4S/c1-5-33-31(37)29(21-25-10-7-6-8-11-25)34(22-26-15-17-27(32)18-16-26)30(36)12-9-19-35(40(4,38)39)28-20-23(2)13-14-24(28)3/h6-8,10-11,13-18,20,29H,5,9,12,19,21-22H2,1-4H3,(H,33,37)/t29-/m0/s1. The Morgan fingerprint density at radius 3 is 2.25 bits per heavy atom. The van der Waals surface area contributed by atoms with Gasteiger partial charge in [0, 0.05) is 32.5 Å². The van der Waals surface area contributed by atoms with Crippen LogP contribution in [0.15, 0.2) is 72.8 Å². The van der Waals surface area contributed by atoms with Gasteiger partial charge in [0.25, 0.3) is 0 Å². The van der Waals surface area contributed by atoms with Crippen LogP contribution in [-0.4, -0.2) is 50.5 Å². The fourth-order valence-electron chi connectivity index (χ4n) is 4.60. The zero-order valence-electron chi connectivity index (χ0n) is 23.6. The molecule has 0 radical (unpaired) electrons. The Morgan fingerprint density at radius 1 is 0.950 bits per heavy atom. The van der Waals surface area contributed by atoms with E-state index < -0.39 is 21.9 Å². The van der Waals surface area contributed by atoms with Crippen LogP contribution < -0.4 is 9.62 Å². The van der Waals surface area contributed by atoms with Gasteiger partial charge in [-0.25, -0.2) is 12.8 Å². The van der Waals surface area contributed by atoms with E-state index in [0.29, 0.717) is 24.2 Å². The Bertz CT molecular complexity index is 1400. The number of nitrogens with zero attached hydrogens (tertiary/aromatic N) is 2. The second kappa shape index (κ2) is 14.1. The van der Waals surface area contributed by atoms with Crippen LogP contribution in [0.25, 0.3) is 0 Å². The van der Waals surface area contributed by atoms with Crippen molar-refractivity contribution in [1.82, 2.24) is 10.2 Å². The van der Waals surface area contributed by atoms with Crippen LogP contribution >= 0.6 is 0 Å². The molecule has 0 saturated heterocycles. The van der Waals surface area contributed by atoms with Crippen LogP contribution in [0.2, 0.25) is 0 Å². The number of nitrogens with one attached hydrogen (secondary N) is 1. The van der Waals surface area contributed by atoms with E-state index in [0.717, 1.165) is 22.9 Å². The lowest BCUT2D eigenvalue weighted by atomic mass is 10.0. The molecule has 0 spiro atoms. The summed E-state index contributed by atoms with van der Waals surface area (Å²) in [6, 6.07) is 20.1. The molecular weight excluding hydrogens is 529 g/mol. The van der Waals surface area contributed by atoms with Gasteiger partial charge in [-0.15, -0.1) is 0 Å². The zero-order valence-corrected chi connectivity index (χ0v) is 24.4. The fraction of sp³-hybridized carbons (Fsp3) is 0.355. The van der Waals surface area contributed by atoms with E-state index in [1.807, 2.05) is 69.3 Å². The lowest BCUT2D eigenvalue weighted by Crippen LogP contribution is -2.50. The molecule has 1 N–H and O–H groups in total. The van der Waals surface area contributed by atoms with Gasteiger partial charge in [0.2, 0.25) is 21.8 Å². The number of benzene rings is 3. The van der Waals surface area contributed by atoms with Gasteiger partial charge in [-0.1, -0.05) is 54.6 Å². The maximum Gasteiger partial charge on any atom is 0.243 e. The number of rotatable bonds is 13. The largest absolute Gasteiger partial charge is 0.355 e. The Hall–Kier alpha value is -3.72. The third-order valence-corrected chi connectivity index (χ3v) is 7.85. The number of carbonyl (C=O) groups excluding carboxylic acids is 2. The molecule has 0 aliphatic rings. The number of halogens is 1. The summed E-state index contributed by atoms with van der Waals surface area (Å²) in [7, 11) is -3.60. The number of hydrogen-bond donors (Lipinski definition) is 1. The van der Waals surface area contributed by atoms with Gasteiger partial charge >= 0.3 is 0 Å². The number of carbonyl (C=O) groups is 2. The summed E-state index contributed by atoms with van der Waals surface area (Å²) < 4.78 is 40.3. The van der Waals surface area contributed by atoms with Gasteiger partial charge in [0.05, 0.1) is 11.9 Å². The third kappa shape index (κ3) is 8.64. The van der Waals surface area contributed by atoms with Gasteiger partial charge in [0.1, 0.15) is 11.9 Å². The smallest absolute Gasteiger partial charge is 0.243 e. The summed E-state index contributed by atoms with van der Waals surface area (Å²) in [6.45, 7) is 6.19. The molecule has 7 nitrogen and oxygen atoms in total. The van der Waals surface area contributed by atoms with E-state index in [4.69, 9.17) is 0 Å². The highest BCUT2D eigenvalue weighted by Crippen LogP contribution is 2.25. The molecule has 0 aliphatic carbocycles. The van der Waals surface area contributed by atoms with Crippen LogP contribution in [0.4, 0.5) is 10.1 Å². The summed E-state index contributed by atoms with van der Waals surface area (Å²) in [5, 5.41) is 2.84. The van der Waals surface area contributed by atoms with E-state index >= 15 is 0 Å². The topological polar surface area (TPSA) is 86.8 Å². The van der Waals surface area contributed by atoms with Crippen molar-refractivity contribution < 1.29 is 22.4 Å². The first-order valence-corrected chi connectivity index (χ1v) is 15.2. The molecule has 9 heteroatoms. The van der Waals surface area contributed by atoms with Crippen molar-refractivity contribution in [3.63, 3.8) is 0 Å². The number of aryl methyl sites for hydroxylation is 2. The average molecular weight is 568 g/mol. The normalized spacial score (nSPS) is 12.0. The molecule has 1 atom stereocenters. The van der Waals surface area contributed by atoms with E-state index in [2.05, 4.69) is 5.32 Å². The quantitative estimate of drug-likeness (QED) is 0.323. The number of sulfonamides is 1. The number of hydrogen-bond acceptors (Lipinski definition) is 4. The Labute approximate surface area is 237 Å². The molecule has 0 aliphatic heterocycles. The van der Waals surface area contributed by atoms with Crippen molar-refractivity contribution in [2.75, 3.05) is 23.7 Å². The Morgan fingerprint density at radius 2 is 1.62 bits per heavy atom. The number of anilines is 1. The number of amides is 2. The van der Waals surface area contributed by atoms with Crippen molar-refractivity contribution in [3.8, 4) is 0 Å². The molecule has 0 unspecified atom stereocenters. The molecule has 3 rings (SSSR count). The van der Waals surface area contributed by atoms with Crippen LogP contribution in [0.3, 0.4) is 0 Å². The first kappa shape index (κ1) is 30.8. The lowest BCUT2D eigenvalue weighted by molar-refractivity contribution is -0.141. The average Bonchev–Trinajstić information content (AvgIpc) is 2.91. The van der Waals surface area contributed by atoms with Crippen molar-refractivity contribution in [1.29, 1.82) is 0 Å². The summed E-state index contributed by atoms with van der Waals surface area (Å²) >= 11 is 0. The van der Waals surface area contributed by atoms with Gasteiger partial charge in [-0.3, -0.25) is 13.9 Å². The predicted molar refractivity (Wildman–Crippen MR) is 157 cm³/mol. The third-order valence-electron chi connectivity index (χ3n) is 6.67. The summed E-state index contributed by atoms with van der Waals surface area (Å²) in [5.41, 5.74) is 3.92. The monoisotopic (exact) mass is 567 g/mol. The molecule has 0 saturated carbocycles. The lowest BCUT2D eigenvalue weighted by Gasteiger charge is -2.32. The Kier molecular flexibility index (Phi) is 10.8. The minimum atomic E-state index is -3.60. The highest BCUT2D eigenvalue weighted by molar-refractivity contribution is 7.92. The minimum Gasteiger partial charge on any atom is -0.355 e. The molecule has 0 fully saturated rings. The number of likely N-dealkylation sites (N-methyl/N-ethyl adjacent to an activating group) is 1. The van der Waals surface area contributed by atoms with Crippen molar-refractivity contribution >= 4 is 27.5 Å². The van der Waals surface area contributed by atoms with Crippen LogP contribution in [0, 0.1) is 19.7 Å². The molecule has 0 heterocycles. The molecule has 0 bridgehead atoms. The summed E-state index contributed by atoms with van der Waals surface area (Å²) in [6.07, 6.45) is 1.75. The van der Waals surface area contributed by atoms with Crippen molar-refractivity contribution in [2.45, 2.75) is 52.6 Å². The predicted octanol–water partition coefficient (Wildman–Crippen LogP) is 4.76. The van der Waals surface area contributed by atoms with E-state index in [1.165, 1.54) is 21.3 Å². The van der Waals surface area contributed by atoms with Crippen LogP contribution in [0.1, 0.15) is 42.0 Å². The second-order valence-electron chi connectivity index (χ2n) is 9.98. The first-order chi connectivity index (χ1) is 19.0. The molecule has 2 amide bonds.